The van der Waals surface area contributed by atoms with Crippen LogP contribution in [0.4, 0.5) is 11.4 Å². The molecule has 44 heavy (non-hydrogen) atoms. The van der Waals surface area contributed by atoms with E-state index in [2.05, 4.69) is 38.5 Å². The molecule has 4 N–H and O–H groups in total. The topological polar surface area (TPSA) is 120 Å². The molecule has 11 heteroatoms. The summed E-state index contributed by atoms with van der Waals surface area (Å²) in [5.41, 5.74) is 10.4. The van der Waals surface area contributed by atoms with Crippen molar-refractivity contribution < 1.29 is 4.79 Å². The average Bonchev–Trinajstić information content (AvgIpc) is 3.47. The summed E-state index contributed by atoms with van der Waals surface area (Å²) in [4.78, 5) is 33.2. The van der Waals surface area contributed by atoms with Crippen LogP contribution in [-0.4, -0.2) is 65.2 Å². The van der Waals surface area contributed by atoms with Gasteiger partial charge in [0.05, 0.1) is 4.88 Å². The van der Waals surface area contributed by atoms with E-state index in [9.17, 15) is 9.59 Å². The van der Waals surface area contributed by atoms with E-state index in [0.29, 0.717) is 24.5 Å². The van der Waals surface area contributed by atoms with Gasteiger partial charge in [-0.3, -0.25) is 19.4 Å². The van der Waals surface area contributed by atoms with Crippen LogP contribution in [-0.2, 0) is 19.9 Å². The molecule has 1 saturated heterocycles. The lowest BCUT2D eigenvalue weighted by Crippen LogP contribution is -2.55. The molecule has 3 aromatic rings. The zero-order valence-electron chi connectivity index (χ0n) is 25.9. The number of rotatable bonds is 8. The van der Waals surface area contributed by atoms with Crippen molar-refractivity contribution in [2.24, 2.45) is 23.0 Å². The van der Waals surface area contributed by atoms with Crippen LogP contribution in [0.2, 0.25) is 0 Å². The van der Waals surface area contributed by atoms with E-state index in [4.69, 9.17) is 10.8 Å². The smallest absolute Gasteiger partial charge is 0.274 e. The maximum Gasteiger partial charge on any atom is 0.274 e. The number of nitrogens with zero attached hydrogens (tertiary/aromatic N) is 5. The Balaban J connectivity index is 1.17. The average molecular weight is 615 g/mol. The van der Waals surface area contributed by atoms with Crippen molar-refractivity contribution in [3.8, 4) is 11.1 Å². The van der Waals surface area contributed by atoms with Gasteiger partial charge in [-0.05, 0) is 80.5 Å². The first kappa shape index (κ1) is 30.4. The number of carbonyl (C=O) groups is 1. The van der Waals surface area contributed by atoms with Crippen LogP contribution in [0.15, 0.2) is 63.4 Å². The number of azo groups is 1. The van der Waals surface area contributed by atoms with Gasteiger partial charge in [-0.2, -0.15) is 5.11 Å². The number of aryl methyl sites for hydroxylation is 3. The van der Waals surface area contributed by atoms with Crippen LogP contribution in [0, 0.1) is 6.92 Å². The number of hydrogen-bond acceptors (Lipinski definition) is 9. The Morgan fingerprint density at radius 3 is 2.64 bits per heavy atom. The van der Waals surface area contributed by atoms with Gasteiger partial charge in [0, 0.05) is 75.1 Å². The second kappa shape index (κ2) is 12.8. The lowest BCUT2D eigenvalue weighted by Gasteiger charge is -2.43. The molecule has 10 nitrogen and oxygen atoms in total. The number of anilines is 2. The van der Waals surface area contributed by atoms with Crippen molar-refractivity contribution in [2.45, 2.75) is 51.6 Å². The van der Waals surface area contributed by atoms with Crippen molar-refractivity contribution in [3.05, 3.63) is 79.7 Å². The highest BCUT2D eigenvalue weighted by molar-refractivity contribution is 7.14. The second-order valence-electron chi connectivity index (χ2n) is 12.2. The van der Waals surface area contributed by atoms with Gasteiger partial charge in [0.2, 0.25) is 0 Å². The predicted molar refractivity (Wildman–Crippen MR) is 177 cm³/mol. The van der Waals surface area contributed by atoms with Gasteiger partial charge in [-0.25, -0.2) is 0 Å². The first-order valence-corrected chi connectivity index (χ1v) is 16.4. The number of hydrogen-bond donors (Lipinski definition) is 3. The van der Waals surface area contributed by atoms with E-state index >= 15 is 0 Å². The van der Waals surface area contributed by atoms with Crippen LogP contribution in [0.3, 0.4) is 0 Å². The van der Waals surface area contributed by atoms with Gasteiger partial charge in [0.15, 0.2) is 0 Å². The Kier molecular flexibility index (Phi) is 8.82. The van der Waals surface area contributed by atoms with Crippen molar-refractivity contribution in [1.29, 1.82) is 0 Å². The number of nitrogens with one attached hydrogen (secondary N) is 2. The Bertz CT molecular complexity index is 1640. The predicted octanol–water partition coefficient (Wildman–Crippen LogP) is 4.96. The second-order valence-corrected chi connectivity index (χ2v) is 13.3. The molecule has 2 aliphatic heterocycles. The summed E-state index contributed by atoms with van der Waals surface area (Å²) in [6.45, 7) is 9.49. The highest BCUT2D eigenvalue weighted by Gasteiger charge is 2.35. The molecule has 1 amide bonds. The van der Waals surface area contributed by atoms with Gasteiger partial charge in [-0.1, -0.05) is 12.1 Å². The quantitative estimate of drug-likeness (QED) is 0.330. The number of nitrogens with two attached hydrogens (primary N) is 1. The number of piperazine rings is 1. The van der Waals surface area contributed by atoms with Crippen molar-refractivity contribution in [2.75, 3.05) is 49.9 Å². The highest BCUT2D eigenvalue weighted by atomic mass is 32.1. The van der Waals surface area contributed by atoms with E-state index in [1.165, 1.54) is 23.3 Å². The van der Waals surface area contributed by atoms with E-state index in [1.807, 2.05) is 43.5 Å². The number of carbonyl (C=O) groups excluding carboxylic acids is 1. The fourth-order valence-corrected chi connectivity index (χ4v) is 7.54. The molecule has 0 saturated carbocycles. The molecule has 6 rings (SSSR count). The molecular weight excluding hydrogens is 572 g/mol. The molecule has 1 atom stereocenters. The first-order valence-electron chi connectivity index (χ1n) is 15.6. The SMILES string of the molecule is Cc1c(NC(=O)c2cc3c(s2)CCCC3)cccc1-c1cc(NC2=CCC(C)(N3CCN(CCN)CC3)N=N2)c(=O)n(C)c1. The monoisotopic (exact) mass is 614 g/mol. The minimum absolute atomic E-state index is 0.0773. The Morgan fingerprint density at radius 1 is 1.11 bits per heavy atom. The zero-order valence-corrected chi connectivity index (χ0v) is 26.7. The van der Waals surface area contributed by atoms with Gasteiger partial charge < -0.3 is 20.9 Å². The molecule has 0 spiro atoms. The molecule has 0 bridgehead atoms. The van der Waals surface area contributed by atoms with E-state index < -0.39 is 5.66 Å². The Labute approximate surface area is 262 Å². The number of thiophene rings is 1. The molecule has 1 aromatic carbocycles. The lowest BCUT2D eigenvalue weighted by molar-refractivity contribution is 0.0434. The first-order chi connectivity index (χ1) is 21.2. The number of benzene rings is 1. The number of fused-ring (bicyclic) bond motifs is 1. The normalized spacial score (nSPS) is 20.7. The Morgan fingerprint density at radius 2 is 1.91 bits per heavy atom. The number of amides is 1. The third-order valence-electron chi connectivity index (χ3n) is 9.11. The largest absolute Gasteiger partial charge is 0.334 e. The van der Waals surface area contributed by atoms with Gasteiger partial charge in [-0.15, -0.1) is 16.5 Å². The van der Waals surface area contributed by atoms with E-state index in [1.54, 1.807) is 23.0 Å². The summed E-state index contributed by atoms with van der Waals surface area (Å²) in [7, 11) is 1.74. The lowest BCUT2D eigenvalue weighted by atomic mass is 9.99. The highest BCUT2D eigenvalue weighted by Crippen LogP contribution is 2.33. The molecular formula is C33H42N8O2S. The molecule has 1 aliphatic carbocycles. The van der Waals surface area contributed by atoms with Crippen LogP contribution in [0.25, 0.3) is 11.1 Å². The standard InChI is InChI=1S/C33H42N8O2S/c1-22-25(8-6-9-26(22)36-31(42)29-20-23-7-4-5-10-28(23)44-29)24-19-27(32(43)39(3)21-24)35-30-11-12-33(2,38-37-30)41-17-15-40(14-13-34)16-18-41/h6,8-9,11,19-21,35H,4-5,7,10,12-18,34H2,1-3H3,(H,36,42). The maximum absolute atomic E-state index is 13.2. The molecule has 232 valence electrons. The summed E-state index contributed by atoms with van der Waals surface area (Å²) < 4.78 is 1.57. The van der Waals surface area contributed by atoms with Crippen LogP contribution >= 0.6 is 11.3 Å². The molecule has 3 aliphatic rings. The Hall–Kier alpha value is -3.64. The van der Waals surface area contributed by atoms with Crippen molar-refractivity contribution >= 4 is 28.6 Å². The summed E-state index contributed by atoms with van der Waals surface area (Å²) in [6, 6.07) is 9.78. The third-order valence-corrected chi connectivity index (χ3v) is 10.3. The molecule has 0 radical (unpaired) electrons. The van der Waals surface area contributed by atoms with Crippen molar-refractivity contribution in [1.82, 2.24) is 14.4 Å². The van der Waals surface area contributed by atoms with Crippen LogP contribution in [0.5, 0.6) is 0 Å². The summed E-state index contributed by atoms with van der Waals surface area (Å²) in [5, 5.41) is 15.6. The minimum Gasteiger partial charge on any atom is -0.334 e. The molecule has 2 aromatic heterocycles. The van der Waals surface area contributed by atoms with E-state index in [0.717, 1.165) is 72.8 Å². The minimum atomic E-state index is -0.406. The summed E-state index contributed by atoms with van der Waals surface area (Å²) in [5.74, 6) is 0.487. The molecule has 4 heterocycles. The van der Waals surface area contributed by atoms with Crippen molar-refractivity contribution in [3.63, 3.8) is 0 Å². The van der Waals surface area contributed by atoms with Crippen LogP contribution in [0.1, 0.15) is 51.9 Å². The van der Waals surface area contributed by atoms with Gasteiger partial charge in [0.1, 0.15) is 17.2 Å². The fraction of sp³-hybridized carbons (Fsp3) is 0.455. The van der Waals surface area contributed by atoms with Crippen LogP contribution < -0.4 is 21.9 Å². The molecule has 1 fully saturated rings. The van der Waals surface area contributed by atoms with Gasteiger partial charge >= 0.3 is 0 Å². The van der Waals surface area contributed by atoms with E-state index in [-0.39, 0.29) is 11.5 Å². The molecule has 1 unspecified atom stereocenters. The third kappa shape index (κ3) is 6.28. The summed E-state index contributed by atoms with van der Waals surface area (Å²) >= 11 is 1.61. The fourth-order valence-electron chi connectivity index (χ4n) is 6.39. The summed E-state index contributed by atoms with van der Waals surface area (Å²) in [6.07, 6.45) is 9.05. The number of pyridine rings is 1. The zero-order chi connectivity index (χ0) is 30.8. The van der Waals surface area contributed by atoms with Gasteiger partial charge in [0.25, 0.3) is 11.5 Å². The number of aromatic nitrogens is 1. The maximum atomic E-state index is 13.2.